The molecule has 0 unspecified atom stereocenters. The van der Waals surface area contributed by atoms with Crippen LogP contribution in [0.3, 0.4) is 0 Å². The molecule has 0 aromatic rings. The van der Waals surface area contributed by atoms with E-state index in [1.165, 1.54) is 116 Å². The van der Waals surface area contributed by atoms with Crippen molar-refractivity contribution in [1.82, 2.24) is 0 Å². The molecule has 0 fully saturated rings. The zero-order valence-corrected chi connectivity index (χ0v) is 24.3. The van der Waals surface area contributed by atoms with Crippen molar-refractivity contribution in [2.45, 2.75) is 151 Å². The van der Waals surface area contributed by atoms with E-state index in [1.54, 1.807) is 21.7 Å². The van der Waals surface area contributed by atoms with Gasteiger partial charge in [-0.25, -0.2) is 0 Å². The maximum atomic E-state index is 8.25. The van der Waals surface area contributed by atoms with Gasteiger partial charge in [0.25, 0.3) is 0 Å². The first-order chi connectivity index (χ1) is 15.9. The van der Waals surface area contributed by atoms with E-state index in [0.29, 0.717) is 0 Å². The third-order valence-corrected chi connectivity index (χ3v) is 9.45. The van der Waals surface area contributed by atoms with Gasteiger partial charge in [0, 0.05) is 0 Å². The second-order valence-corrected chi connectivity index (χ2v) is 12.8. The Labute approximate surface area is 212 Å². The summed E-state index contributed by atoms with van der Waals surface area (Å²) in [5.74, 6) is 0. The van der Waals surface area contributed by atoms with Gasteiger partial charge in [-0.1, -0.05) is 0 Å². The van der Waals surface area contributed by atoms with Gasteiger partial charge in [0.15, 0.2) is 0 Å². The third-order valence-electron chi connectivity index (χ3n) is 5.41. The minimum absolute atomic E-state index is 0.0377. The van der Waals surface area contributed by atoms with Gasteiger partial charge in [-0.05, 0) is 0 Å². The average Bonchev–Trinajstić information content (AvgIpc) is 2.74. The summed E-state index contributed by atoms with van der Waals surface area (Å²) in [4.78, 5) is 16.5. The Morgan fingerprint density at radius 1 is 0.424 bits per heavy atom. The molecule has 0 saturated carbocycles. The van der Waals surface area contributed by atoms with Gasteiger partial charge < -0.3 is 30.6 Å². The topological polar surface area (TPSA) is 132 Å². The molecule has 0 amide bonds. The first-order valence-corrected chi connectivity index (χ1v) is 17.3. The quantitative estimate of drug-likeness (QED) is 0.0543. The van der Waals surface area contributed by atoms with E-state index in [0.717, 1.165) is 0 Å². The number of rotatable bonds is 22. The molecule has 0 N–H and O–H groups in total. The summed E-state index contributed by atoms with van der Waals surface area (Å²) in [5.41, 5.74) is 0. The van der Waals surface area contributed by atoms with Crippen LogP contribution in [-0.4, -0.2) is 31.3 Å². The summed E-state index contributed by atoms with van der Waals surface area (Å²) in [7, 11) is 0. The third kappa shape index (κ3) is 59.2. The van der Waals surface area contributed by atoms with Gasteiger partial charge in [0.1, 0.15) is 0 Å². The van der Waals surface area contributed by atoms with Crippen LogP contribution in [0.25, 0.3) is 0 Å². The van der Waals surface area contributed by atoms with Gasteiger partial charge in [0.05, 0.1) is 10.2 Å². The number of hydrogen-bond donors (Lipinski definition) is 0. The van der Waals surface area contributed by atoms with Gasteiger partial charge in [-0.3, -0.25) is 0 Å². The minimum Gasteiger partial charge on any atom is -0.356 e. The Balaban J connectivity index is -0.000000962. The summed E-state index contributed by atoms with van der Waals surface area (Å²) >= 11 is 0.0377. The van der Waals surface area contributed by atoms with Crippen molar-refractivity contribution in [2.24, 2.45) is 0 Å². The Morgan fingerprint density at radius 3 is 0.818 bits per heavy atom. The van der Waals surface area contributed by atoms with E-state index in [2.05, 4.69) is 13.8 Å². The molecule has 0 aromatic carbocycles. The second-order valence-electron chi connectivity index (χ2n) is 8.56. The van der Waals surface area contributed by atoms with Crippen LogP contribution in [-0.2, 0) is 0 Å². The Bertz CT molecular complexity index is 348. The molecule has 0 aliphatic rings. The zero-order chi connectivity index (χ0) is 25.4. The fraction of sp³-hybridized carbons (Fsp3) is 1.00. The molecular formula is C24H50N2O6Sn. The van der Waals surface area contributed by atoms with Gasteiger partial charge in [0.2, 0.25) is 0 Å². The van der Waals surface area contributed by atoms with Crippen LogP contribution >= 0.6 is 0 Å². The van der Waals surface area contributed by atoms with E-state index >= 15 is 0 Å². The molecule has 0 rings (SSSR count). The van der Waals surface area contributed by atoms with E-state index in [-0.39, 0.29) is 21.1 Å². The molecule has 33 heavy (non-hydrogen) atoms. The van der Waals surface area contributed by atoms with E-state index in [1.807, 2.05) is 0 Å². The van der Waals surface area contributed by atoms with Gasteiger partial charge in [-0.15, -0.1) is 0 Å². The monoisotopic (exact) mass is 582 g/mol. The van der Waals surface area contributed by atoms with Crippen LogP contribution in [0.4, 0.5) is 0 Å². The van der Waals surface area contributed by atoms with Crippen LogP contribution in [0.2, 0.25) is 8.87 Å². The molecule has 9 heteroatoms. The van der Waals surface area contributed by atoms with Crippen molar-refractivity contribution >= 4 is 21.1 Å². The van der Waals surface area contributed by atoms with Crippen molar-refractivity contribution < 1.29 is 10.2 Å². The molecule has 0 heterocycles. The predicted octanol–water partition coefficient (Wildman–Crippen LogP) is 8.89. The predicted molar refractivity (Wildman–Crippen MR) is 140 cm³/mol. The molecule has 0 aromatic heterocycles. The smallest absolute Gasteiger partial charge is 0.356 e. The summed E-state index contributed by atoms with van der Waals surface area (Å²) < 4.78 is 3.33. The first-order valence-electron chi connectivity index (χ1n) is 13.2. The summed E-state index contributed by atoms with van der Waals surface area (Å²) in [6.07, 6.45) is 29.8. The van der Waals surface area contributed by atoms with E-state index < -0.39 is 10.2 Å². The fourth-order valence-electron chi connectivity index (χ4n) is 3.60. The van der Waals surface area contributed by atoms with Crippen LogP contribution in [0.5, 0.6) is 0 Å². The Kier molecular flexibility index (Phi) is 39.9. The van der Waals surface area contributed by atoms with Crippen molar-refractivity contribution in [1.29, 1.82) is 0 Å². The second kappa shape index (κ2) is 35.8. The minimum atomic E-state index is -1.75. The maximum absolute atomic E-state index is 8.25. The molecule has 196 valence electrons. The molecule has 0 atom stereocenters. The molecular weight excluding hydrogens is 531 g/mol. The number of unbranched alkanes of at least 4 members (excludes halogenated alkanes) is 18. The van der Waals surface area contributed by atoms with E-state index in [4.69, 9.17) is 30.6 Å². The average molecular weight is 581 g/mol. The molecule has 0 bridgehead atoms. The molecule has 8 nitrogen and oxygen atoms in total. The summed E-state index contributed by atoms with van der Waals surface area (Å²) in [6.45, 7) is 4.61. The molecule has 0 aliphatic heterocycles. The number of hydrogen-bond acceptors (Lipinski definition) is 6. The first kappa shape index (κ1) is 36.8. The van der Waals surface area contributed by atoms with Crippen molar-refractivity contribution in [3.8, 4) is 0 Å². The molecule has 0 spiro atoms. The SMILES string of the molecule is CCCCCCCCCCC[CH2][Sn+2][CH2]CCCCCCCCCCC.O=[N+]([O-])[O-].O=[N+]([O-])[O-]. The van der Waals surface area contributed by atoms with Crippen LogP contribution in [0.1, 0.15) is 142 Å². The van der Waals surface area contributed by atoms with Crippen molar-refractivity contribution in [2.75, 3.05) is 0 Å². The van der Waals surface area contributed by atoms with Gasteiger partial charge >= 0.3 is 172 Å². The van der Waals surface area contributed by atoms with Gasteiger partial charge in [-0.2, -0.15) is 0 Å². The van der Waals surface area contributed by atoms with Crippen LogP contribution in [0, 0.1) is 30.6 Å². The normalized spacial score (nSPS) is 9.76. The van der Waals surface area contributed by atoms with Crippen molar-refractivity contribution in [3.05, 3.63) is 30.6 Å². The number of nitrogens with zero attached hydrogens (tertiary/aromatic N) is 2. The van der Waals surface area contributed by atoms with Crippen molar-refractivity contribution in [3.63, 3.8) is 0 Å². The van der Waals surface area contributed by atoms with E-state index in [9.17, 15) is 0 Å². The molecule has 0 radical (unpaired) electrons. The standard InChI is InChI=1S/2C12H25.2NO3.Sn/c2*1-3-5-7-9-11-12-10-8-6-4-2;2*2-1(3)4;/h2*1,3-12H2,2H3;;;/q;;2*-1;+2. The fourth-order valence-corrected chi connectivity index (χ4v) is 7.17. The summed E-state index contributed by atoms with van der Waals surface area (Å²) in [6, 6.07) is 0. The molecule has 0 aliphatic carbocycles. The summed E-state index contributed by atoms with van der Waals surface area (Å²) in [5, 5.41) is 29.5. The van der Waals surface area contributed by atoms with Crippen LogP contribution in [0.15, 0.2) is 0 Å². The zero-order valence-electron chi connectivity index (χ0n) is 21.4. The Hall–Kier alpha value is -0.801. The molecule has 0 saturated heterocycles. The Morgan fingerprint density at radius 2 is 0.606 bits per heavy atom. The van der Waals surface area contributed by atoms with Crippen LogP contribution < -0.4 is 0 Å².